The minimum Gasteiger partial charge on any atom is -0.618 e. The lowest BCUT2D eigenvalue weighted by Crippen LogP contribution is -2.37. The fraction of sp³-hybridized carbons (Fsp3) is 0.133. The Bertz CT molecular complexity index is 752. The molecule has 0 aliphatic heterocycles. The number of hydrogen-bond acceptors (Lipinski definition) is 4. The van der Waals surface area contributed by atoms with Gasteiger partial charge in [0.05, 0.1) is 10.7 Å². The first-order chi connectivity index (χ1) is 10.9. The molecular weight excluding hydrogens is 343 g/mol. The van der Waals surface area contributed by atoms with Gasteiger partial charge in [0, 0.05) is 17.2 Å². The molecule has 120 valence electrons. The van der Waals surface area contributed by atoms with Crippen LogP contribution in [0.4, 0.5) is 5.69 Å². The lowest BCUT2D eigenvalue weighted by atomic mass is 10.3. The average Bonchev–Trinajstić information content (AvgIpc) is 2.50. The number of pyridine rings is 1. The highest BCUT2D eigenvalue weighted by Gasteiger charge is 2.24. The number of carbonyl (C=O) groups excluding carboxylic acids is 2. The smallest absolute Gasteiger partial charge is 0.405 e. The van der Waals surface area contributed by atoms with Crippen LogP contribution in [0.1, 0.15) is 17.4 Å². The highest BCUT2D eigenvalue weighted by Crippen LogP contribution is 2.25. The first-order valence-electron chi connectivity index (χ1n) is 6.53. The number of nitrogens with zero attached hydrogens (tertiary/aromatic N) is 1. The van der Waals surface area contributed by atoms with Crippen molar-refractivity contribution >= 4 is 40.8 Å². The molecule has 1 aromatic heterocycles. The Kier molecular flexibility index (Phi) is 5.41. The van der Waals surface area contributed by atoms with Gasteiger partial charge >= 0.3 is 11.7 Å². The van der Waals surface area contributed by atoms with Crippen LogP contribution in [0.3, 0.4) is 0 Å². The number of carbonyl (C=O) groups is 2. The van der Waals surface area contributed by atoms with Gasteiger partial charge in [0.25, 0.3) is 5.91 Å². The summed E-state index contributed by atoms with van der Waals surface area (Å²) >= 11 is 11.7. The van der Waals surface area contributed by atoms with Crippen LogP contribution >= 0.6 is 23.2 Å². The molecular formula is C15H12Cl2N2O4. The van der Waals surface area contributed by atoms with E-state index in [0.717, 1.165) is 6.20 Å². The maximum absolute atomic E-state index is 12.0. The van der Waals surface area contributed by atoms with Gasteiger partial charge in [-0.2, -0.15) is 4.73 Å². The Morgan fingerprint density at radius 2 is 2.00 bits per heavy atom. The van der Waals surface area contributed by atoms with Crippen molar-refractivity contribution in [2.45, 2.75) is 13.0 Å². The molecule has 1 atom stereocenters. The van der Waals surface area contributed by atoms with Crippen molar-refractivity contribution in [2.75, 3.05) is 5.32 Å². The number of amides is 1. The van der Waals surface area contributed by atoms with Gasteiger partial charge in [-0.25, -0.2) is 4.79 Å². The third-order valence-corrected chi connectivity index (χ3v) is 3.42. The highest BCUT2D eigenvalue weighted by atomic mass is 35.5. The Balaban J connectivity index is 2.03. The van der Waals surface area contributed by atoms with Crippen LogP contribution in [0.5, 0.6) is 0 Å². The van der Waals surface area contributed by atoms with E-state index in [1.165, 1.54) is 37.3 Å². The van der Waals surface area contributed by atoms with Crippen LogP contribution in [-0.4, -0.2) is 18.0 Å². The van der Waals surface area contributed by atoms with E-state index in [1.807, 2.05) is 0 Å². The van der Waals surface area contributed by atoms with Gasteiger partial charge in [-0.1, -0.05) is 23.2 Å². The largest absolute Gasteiger partial charge is 0.618 e. The molecule has 0 radical (unpaired) electrons. The van der Waals surface area contributed by atoms with Gasteiger partial charge in [0.1, 0.15) is 0 Å². The summed E-state index contributed by atoms with van der Waals surface area (Å²) in [5.74, 6) is -1.48. The highest BCUT2D eigenvalue weighted by molar-refractivity contribution is 6.36. The number of halogens is 2. The molecule has 8 heteroatoms. The Morgan fingerprint density at radius 1 is 1.26 bits per heavy atom. The normalized spacial score (nSPS) is 11.6. The van der Waals surface area contributed by atoms with Crippen LogP contribution < -0.4 is 10.0 Å². The first kappa shape index (κ1) is 17.1. The Labute approximate surface area is 142 Å². The number of nitrogens with one attached hydrogen (secondary N) is 1. The average molecular weight is 355 g/mol. The summed E-state index contributed by atoms with van der Waals surface area (Å²) in [7, 11) is 0. The minimum absolute atomic E-state index is 0.211. The third kappa shape index (κ3) is 4.34. The summed E-state index contributed by atoms with van der Waals surface area (Å²) < 4.78 is 5.34. The summed E-state index contributed by atoms with van der Waals surface area (Å²) in [5.41, 5.74) is 0.124. The van der Waals surface area contributed by atoms with Crippen LogP contribution in [0.2, 0.25) is 10.0 Å². The molecule has 0 spiro atoms. The molecule has 0 bridgehead atoms. The number of hydrogen-bond donors (Lipinski definition) is 1. The summed E-state index contributed by atoms with van der Waals surface area (Å²) in [6.07, 6.45) is 0.0453. The van der Waals surface area contributed by atoms with E-state index in [4.69, 9.17) is 27.9 Å². The maximum Gasteiger partial charge on any atom is 0.405 e. The lowest BCUT2D eigenvalue weighted by molar-refractivity contribution is -0.608. The van der Waals surface area contributed by atoms with E-state index in [2.05, 4.69) is 5.32 Å². The molecule has 0 saturated heterocycles. The monoisotopic (exact) mass is 354 g/mol. The van der Waals surface area contributed by atoms with Crippen LogP contribution in [-0.2, 0) is 9.53 Å². The molecule has 0 aliphatic rings. The number of esters is 1. The standard InChI is InChI=1S/C15H12Cl2N2O4/c1-9(23-15(21)13-4-2-3-7-19(13)22)14(20)18-12-6-5-10(16)8-11(12)17/h2-9H,1H3,(H,18,20)/t9-/m0/s1. The van der Waals surface area contributed by atoms with Crippen LogP contribution in [0.15, 0.2) is 42.6 Å². The molecule has 6 nitrogen and oxygen atoms in total. The molecule has 1 aromatic carbocycles. The second-order valence-corrected chi connectivity index (χ2v) is 5.42. The van der Waals surface area contributed by atoms with Crippen molar-refractivity contribution in [1.82, 2.24) is 0 Å². The number of ether oxygens (including phenoxy) is 1. The molecule has 0 saturated carbocycles. The van der Waals surface area contributed by atoms with Crippen molar-refractivity contribution < 1.29 is 19.1 Å². The summed E-state index contributed by atoms with van der Waals surface area (Å²) in [6, 6.07) is 8.85. The molecule has 2 aromatic rings. The zero-order valence-corrected chi connectivity index (χ0v) is 13.5. The van der Waals surface area contributed by atoms with E-state index in [0.29, 0.717) is 15.4 Å². The zero-order valence-electron chi connectivity index (χ0n) is 12.0. The molecule has 2 rings (SSSR count). The van der Waals surface area contributed by atoms with Crippen molar-refractivity contribution in [3.63, 3.8) is 0 Å². The van der Waals surface area contributed by atoms with Gasteiger partial charge in [-0.15, -0.1) is 0 Å². The van der Waals surface area contributed by atoms with E-state index < -0.39 is 18.0 Å². The second kappa shape index (κ2) is 7.30. The number of aromatic nitrogens is 1. The van der Waals surface area contributed by atoms with E-state index in [-0.39, 0.29) is 10.7 Å². The number of anilines is 1. The molecule has 0 fully saturated rings. The predicted octanol–water partition coefficient (Wildman–Crippen LogP) is 2.81. The Morgan fingerprint density at radius 3 is 2.65 bits per heavy atom. The first-order valence-corrected chi connectivity index (χ1v) is 7.29. The quantitative estimate of drug-likeness (QED) is 0.519. The fourth-order valence-electron chi connectivity index (χ4n) is 1.69. The minimum atomic E-state index is -1.12. The lowest BCUT2D eigenvalue weighted by Gasteiger charge is -2.14. The van der Waals surface area contributed by atoms with Crippen molar-refractivity contribution in [3.05, 3.63) is 63.5 Å². The molecule has 0 aliphatic carbocycles. The van der Waals surface area contributed by atoms with Gasteiger partial charge in [0.15, 0.2) is 12.3 Å². The SMILES string of the molecule is C[C@H](OC(=O)c1cccc[n+]1[O-])C(=O)Nc1ccc(Cl)cc1Cl. The van der Waals surface area contributed by atoms with E-state index in [1.54, 1.807) is 6.07 Å². The zero-order chi connectivity index (χ0) is 17.0. The van der Waals surface area contributed by atoms with Gasteiger partial charge < -0.3 is 15.3 Å². The third-order valence-electron chi connectivity index (χ3n) is 2.88. The molecule has 1 N–H and O–H groups in total. The topological polar surface area (TPSA) is 82.3 Å². The van der Waals surface area contributed by atoms with E-state index in [9.17, 15) is 14.8 Å². The van der Waals surface area contributed by atoms with Crippen molar-refractivity contribution in [1.29, 1.82) is 0 Å². The maximum atomic E-state index is 12.0. The van der Waals surface area contributed by atoms with Crippen molar-refractivity contribution in [2.24, 2.45) is 0 Å². The van der Waals surface area contributed by atoms with Gasteiger partial charge in [-0.05, 0) is 31.2 Å². The summed E-state index contributed by atoms with van der Waals surface area (Å²) in [5, 5.41) is 14.7. The predicted molar refractivity (Wildman–Crippen MR) is 85.4 cm³/mol. The molecule has 23 heavy (non-hydrogen) atoms. The summed E-state index contributed by atoms with van der Waals surface area (Å²) in [6.45, 7) is 1.38. The van der Waals surface area contributed by atoms with Crippen LogP contribution in [0.25, 0.3) is 0 Å². The molecule has 0 unspecified atom stereocenters. The van der Waals surface area contributed by atoms with Crippen molar-refractivity contribution in [3.8, 4) is 0 Å². The molecule has 1 heterocycles. The van der Waals surface area contributed by atoms with Gasteiger partial charge in [-0.3, -0.25) is 4.79 Å². The fourth-order valence-corrected chi connectivity index (χ4v) is 2.14. The molecule has 1 amide bonds. The number of benzene rings is 1. The number of rotatable bonds is 4. The van der Waals surface area contributed by atoms with Crippen LogP contribution in [0, 0.1) is 5.21 Å². The Hall–Kier alpha value is -2.31. The van der Waals surface area contributed by atoms with E-state index >= 15 is 0 Å². The van der Waals surface area contributed by atoms with Gasteiger partial charge in [0.2, 0.25) is 0 Å². The summed E-state index contributed by atoms with van der Waals surface area (Å²) in [4.78, 5) is 23.9. The second-order valence-electron chi connectivity index (χ2n) is 4.57.